The van der Waals surface area contributed by atoms with Crippen LogP contribution in [-0.2, 0) is 6.42 Å². The molecule has 2 aromatic carbocycles. The second kappa shape index (κ2) is 4.59. The monoisotopic (exact) mass is 274 g/mol. The van der Waals surface area contributed by atoms with Crippen molar-refractivity contribution in [1.82, 2.24) is 9.97 Å². The number of nitrogens with one attached hydrogen (secondary N) is 1. The highest BCUT2D eigenvalue weighted by Crippen LogP contribution is 2.37. The molecule has 1 aliphatic rings. The lowest BCUT2D eigenvalue weighted by Gasteiger charge is -2.07. The molecule has 4 heteroatoms. The van der Waals surface area contributed by atoms with Crippen LogP contribution in [-0.4, -0.2) is 9.97 Å². The lowest BCUT2D eigenvalue weighted by Crippen LogP contribution is -1.97. The lowest BCUT2D eigenvalue weighted by atomic mass is 10.1. The summed E-state index contributed by atoms with van der Waals surface area (Å²) < 4.78 is 0. The molecule has 0 unspecified atom stereocenters. The van der Waals surface area contributed by atoms with E-state index >= 15 is 0 Å². The summed E-state index contributed by atoms with van der Waals surface area (Å²) in [7, 11) is 0. The van der Waals surface area contributed by atoms with Gasteiger partial charge in [-0.15, -0.1) is 0 Å². The average Bonchev–Trinajstić information content (AvgIpc) is 2.87. The minimum atomic E-state index is 0.421. The minimum absolute atomic E-state index is 0.421. The Bertz CT molecular complexity index is 809. The highest BCUT2D eigenvalue weighted by molar-refractivity contribution is 5.79. The number of nitrogens with two attached hydrogens (primary N) is 1. The van der Waals surface area contributed by atoms with Crippen LogP contribution >= 0.6 is 0 Å². The fraction of sp³-hybridized carbons (Fsp3) is 0.0588. The zero-order valence-corrected chi connectivity index (χ0v) is 11.4. The standard InChI is InChI=1S/C17H14N4/c18-16-9-20-17(10-19-16)21-13-5-6-15-12(8-13)7-11-3-1-2-4-14(11)15/h1-6,8-10H,7H2,(H2,18,19)(H,20,21). The Morgan fingerprint density at radius 1 is 0.905 bits per heavy atom. The topological polar surface area (TPSA) is 63.8 Å². The van der Waals surface area contributed by atoms with E-state index in [0.29, 0.717) is 11.6 Å². The normalized spacial score (nSPS) is 11.8. The first kappa shape index (κ1) is 11.9. The molecule has 102 valence electrons. The van der Waals surface area contributed by atoms with E-state index in [0.717, 1.165) is 12.1 Å². The van der Waals surface area contributed by atoms with Crippen molar-refractivity contribution in [1.29, 1.82) is 0 Å². The minimum Gasteiger partial charge on any atom is -0.382 e. The number of benzene rings is 2. The van der Waals surface area contributed by atoms with Crippen molar-refractivity contribution in [2.45, 2.75) is 6.42 Å². The quantitative estimate of drug-likeness (QED) is 0.588. The first-order chi connectivity index (χ1) is 10.3. The Kier molecular flexibility index (Phi) is 2.60. The third-order valence-corrected chi connectivity index (χ3v) is 3.74. The fourth-order valence-corrected chi connectivity index (χ4v) is 2.77. The van der Waals surface area contributed by atoms with Gasteiger partial charge in [-0.1, -0.05) is 30.3 Å². The van der Waals surface area contributed by atoms with Crippen molar-refractivity contribution >= 4 is 17.3 Å². The zero-order valence-electron chi connectivity index (χ0n) is 11.4. The van der Waals surface area contributed by atoms with Gasteiger partial charge >= 0.3 is 0 Å². The van der Waals surface area contributed by atoms with Crippen LogP contribution in [0.15, 0.2) is 54.9 Å². The maximum atomic E-state index is 5.54. The molecule has 21 heavy (non-hydrogen) atoms. The van der Waals surface area contributed by atoms with Crippen molar-refractivity contribution in [2.75, 3.05) is 11.1 Å². The first-order valence-corrected chi connectivity index (χ1v) is 6.85. The average molecular weight is 274 g/mol. The van der Waals surface area contributed by atoms with Gasteiger partial charge in [0, 0.05) is 5.69 Å². The largest absolute Gasteiger partial charge is 0.382 e. The number of aromatic nitrogens is 2. The molecule has 3 N–H and O–H groups in total. The van der Waals surface area contributed by atoms with Gasteiger partial charge in [0.15, 0.2) is 0 Å². The molecule has 0 aliphatic heterocycles. The van der Waals surface area contributed by atoms with E-state index in [-0.39, 0.29) is 0 Å². The molecule has 0 radical (unpaired) electrons. The molecular weight excluding hydrogens is 260 g/mol. The Morgan fingerprint density at radius 2 is 1.76 bits per heavy atom. The number of nitrogen functional groups attached to an aromatic ring is 1. The van der Waals surface area contributed by atoms with Gasteiger partial charge < -0.3 is 11.1 Å². The van der Waals surface area contributed by atoms with Crippen molar-refractivity contribution in [2.24, 2.45) is 0 Å². The van der Waals surface area contributed by atoms with Gasteiger partial charge in [-0.2, -0.15) is 0 Å². The van der Waals surface area contributed by atoms with Crippen LogP contribution in [0.25, 0.3) is 11.1 Å². The van der Waals surface area contributed by atoms with Crippen LogP contribution < -0.4 is 11.1 Å². The molecule has 1 heterocycles. The summed E-state index contributed by atoms with van der Waals surface area (Å²) in [6.45, 7) is 0. The molecule has 0 atom stereocenters. The molecule has 0 saturated carbocycles. The molecular formula is C17H14N4. The van der Waals surface area contributed by atoms with E-state index in [1.54, 1.807) is 12.4 Å². The Hall–Kier alpha value is -2.88. The van der Waals surface area contributed by atoms with Crippen molar-refractivity contribution in [3.05, 3.63) is 66.0 Å². The van der Waals surface area contributed by atoms with E-state index in [1.807, 2.05) is 0 Å². The van der Waals surface area contributed by atoms with Crippen LogP contribution in [0.5, 0.6) is 0 Å². The van der Waals surface area contributed by atoms with Crippen LogP contribution in [0.3, 0.4) is 0 Å². The lowest BCUT2D eigenvalue weighted by molar-refractivity contribution is 1.20. The number of rotatable bonds is 2. The molecule has 0 fully saturated rings. The van der Waals surface area contributed by atoms with Crippen molar-refractivity contribution in [3.8, 4) is 11.1 Å². The van der Waals surface area contributed by atoms with Crippen LogP contribution in [0, 0.1) is 0 Å². The predicted octanol–water partition coefficient (Wildman–Crippen LogP) is 3.37. The maximum absolute atomic E-state index is 5.54. The molecule has 4 rings (SSSR count). The highest BCUT2D eigenvalue weighted by Gasteiger charge is 2.17. The summed E-state index contributed by atoms with van der Waals surface area (Å²) in [6, 6.07) is 15.0. The van der Waals surface area contributed by atoms with Crippen molar-refractivity contribution < 1.29 is 0 Å². The van der Waals surface area contributed by atoms with Crippen LogP contribution in [0.2, 0.25) is 0 Å². The Balaban J connectivity index is 1.65. The van der Waals surface area contributed by atoms with E-state index in [9.17, 15) is 0 Å². The number of anilines is 3. The SMILES string of the molecule is Nc1cnc(Nc2ccc3c(c2)Cc2ccccc2-3)cn1. The first-order valence-electron chi connectivity index (χ1n) is 6.85. The van der Waals surface area contributed by atoms with Gasteiger partial charge in [-0.05, 0) is 40.8 Å². The van der Waals surface area contributed by atoms with Gasteiger partial charge in [-0.3, -0.25) is 0 Å². The smallest absolute Gasteiger partial charge is 0.149 e. The van der Waals surface area contributed by atoms with Crippen molar-refractivity contribution in [3.63, 3.8) is 0 Å². The molecule has 4 nitrogen and oxygen atoms in total. The summed E-state index contributed by atoms with van der Waals surface area (Å²) in [4.78, 5) is 8.24. The van der Waals surface area contributed by atoms with E-state index < -0.39 is 0 Å². The molecule has 0 amide bonds. The van der Waals surface area contributed by atoms with E-state index in [4.69, 9.17) is 5.73 Å². The predicted molar refractivity (Wildman–Crippen MR) is 84.4 cm³/mol. The van der Waals surface area contributed by atoms with E-state index in [1.165, 1.54) is 22.3 Å². The second-order valence-electron chi connectivity index (χ2n) is 5.16. The summed E-state index contributed by atoms with van der Waals surface area (Å²) in [6.07, 6.45) is 4.16. The number of hydrogen-bond acceptors (Lipinski definition) is 4. The molecule has 1 aliphatic carbocycles. The third kappa shape index (κ3) is 2.10. The van der Waals surface area contributed by atoms with Gasteiger partial charge in [0.2, 0.25) is 0 Å². The molecule has 0 saturated heterocycles. The number of hydrogen-bond donors (Lipinski definition) is 2. The van der Waals surface area contributed by atoms with Gasteiger partial charge in [-0.25, -0.2) is 9.97 Å². The highest BCUT2D eigenvalue weighted by atomic mass is 15.0. The van der Waals surface area contributed by atoms with Gasteiger partial charge in [0.05, 0.1) is 12.4 Å². The number of nitrogens with zero attached hydrogens (tertiary/aromatic N) is 2. The van der Waals surface area contributed by atoms with Gasteiger partial charge in [0.25, 0.3) is 0 Å². The summed E-state index contributed by atoms with van der Waals surface area (Å²) >= 11 is 0. The summed E-state index contributed by atoms with van der Waals surface area (Å²) in [5.74, 6) is 1.12. The molecule has 1 aromatic heterocycles. The molecule has 0 spiro atoms. The zero-order chi connectivity index (χ0) is 14.2. The maximum Gasteiger partial charge on any atom is 0.149 e. The Labute approximate surface area is 122 Å². The van der Waals surface area contributed by atoms with Gasteiger partial charge in [0.1, 0.15) is 11.6 Å². The summed E-state index contributed by atoms with van der Waals surface area (Å²) in [5.41, 5.74) is 11.9. The Morgan fingerprint density at radius 3 is 2.62 bits per heavy atom. The van der Waals surface area contributed by atoms with Crippen LogP contribution in [0.4, 0.5) is 17.3 Å². The summed E-state index contributed by atoms with van der Waals surface area (Å²) in [5, 5.41) is 3.26. The molecule has 3 aromatic rings. The second-order valence-corrected chi connectivity index (χ2v) is 5.16. The third-order valence-electron chi connectivity index (χ3n) is 3.74. The molecule has 0 bridgehead atoms. The number of fused-ring (bicyclic) bond motifs is 3. The van der Waals surface area contributed by atoms with Crippen LogP contribution in [0.1, 0.15) is 11.1 Å². The van der Waals surface area contributed by atoms with E-state index in [2.05, 4.69) is 57.7 Å². The fourth-order valence-electron chi connectivity index (χ4n) is 2.77.